The molecule has 1 unspecified atom stereocenters. The van der Waals surface area contributed by atoms with E-state index in [1.54, 1.807) is 4.57 Å². The lowest BCUT2D eigenvalue weighted by Gasteiger charge is -2.32. The van der Waals surface area contributed by atoms with Crippen molar-refractivity contribution in [2.75, 3.05) is 31.3 Å². The van der Waals surface area contributed by atoms with E-state index >= 15 is 4.39 Å². The lowest BCUT2D eigenvalue weighted by atomic mass is 9.96. The van der Waals surface area contributed by atoms with Gasteiger partial charge in [0.1, 0.15) is 47.6 Å². The number of aromatic amines is 1. The molecule has 7 rings (SSSR count). The molecule has 0 radical (unpaired) electrons. The first-order valence-electron chi connectivity index (χ1n) is 13.0. The van der Waals surface area contributed by atoms with Crippen LogP contribution in [-0.4, -0.2) is 110 Å². The Hall–Kier alpha value is -3.20. The Morgan fingerprint density at radius 2 is 1.93 bits per heavy atom. The largest absolute Gasteiger partial charge is 0.394 e. The zero-order chi connectivity index (χ0) is 30.3. The number of ether oxygens (including phenoxy) is 3. The standard InChI is InChI=1S/C22H26FN10O8PS/c23-9-8(3-34)40-20(33-7-29-11-17(33)30-21(25)31-18(11)36)13(9)42(37,43)39-2-1-22-4-38-12(14(22)35)19(41-22)32-6-28-10-15(24)26-5-27-16(10)32/h5-9,12-14,19-20,34-35H,1-4H2,(H,37,43)(H2,24,26,27)(H3,25,30,31,36)/t8-,9+,12-,13-,14+,19-,20-,22+,42?/m1/s1. The van der Waals surface area contributed by atoms with Crippen molar-refractivity contribution in [2.24, 2.45) is 0 Å². The van der Waals surface area contributed by atoms with Crippen molar-refractivity contribution in [2.45, 2.75) is 54.6 Å². The van der Waals surface area contributed by atoms with E-state index in [0.717, 1.165) is 0 Å². The molecule has 7 heterocycles. The molecule has 9 atom stereocenters. The maximum absolute atomic E-state index is 15.6. The number of aromatic nitrogens is 8. The number of alkyl halides is 1. The van der Waals surface area contributed by atoms with Crippen molar-refractivity contribution in [3.8, 4) is 0 Å². The highest BCUT2D eigenvalue weighted by molar-refractivity contribution is 8.09. The van der Waals surface area contributed by atoms with Crippen LogP contribution in [0.1, 0.15) is 18.9 Å². The van der Waals surface area contributed by atoms with Crippen LogP contribution >= 0.6 is 6.49 Å². The lowest BCUT2D eigenvalue weighted by Crippen LogP contribution is -2.41. The topological polar surface area (TPSA) is 257 Å². The first-order valence-corrected chi connectivity index (χ1v) is 15.8. The molecule has 3 aliphatic heterocycles. The average Bonchev–Trinajstić information content (AvgIpc) is 3.76. The molecule has 3 aliphatic rings. The molecule has 8 N–H and O–H groups in total. The monoisotopic (exact) mass is 640 g/mol. The van der Waals surface area contributed by atoms with Crippen molar-refractivity contribution < 1.29 is 38.2 Å². The van der Waals surface area contributed by atoms with Crippen LogP contribution in [-0.2, 0) is 30.5 Å². The maximum atomic E-state index is 15.6. The van der Waals surface area contributed by atoms with Crippen molar-refractivity contribution in [1.29, 1.82) is 0 Å². The number of aliphatic hydroxyl groups is 2. The van der Waals surface area contributed by atoms with E-state index in [-0.39, 0.29) is 42.6 Å². The molecule has 230 valence electrons. The number of anilines is 2. The molecule has 2 bridgehead atoms. The fourth-order valence-electron chi connectivity index (χ4n) is 5.90. The van der Waals surface area contributed by atoms with Crippen molar-refractivity contribution in [1.82, 2.24) is 39.0 Å². The van der Waals surface area contributed by atoms with Crippen LogP contribution in [0.25, 0.3) is 22.3 Å². The molecule has 3 fully saturated rings. The van der Waals surface area contributed by atoms with Gasteiger partial charge in [-0.25, -0.2) is 24.3 Å². The predicted molar refractivity (Wildman–Crippen MR) is 148 cm³/mol. The molecule has 0 aliphatic carbocycles. The highest BCUT2D eigenvalue weighted by Gasteiger charge is 2.62. The summed E-state index contributed by atoms with van der Waals surface area (Å²) in [4.78, 5) is 46.4. The molecule has 4 aromatic heterocycles. The van der Waals surface area contributed by atoms with Crippen LogP contribution in [0.2, 0.25) is 0 Å². The van der Waals surface area contributed by atoms with E-state index in [1.165, 1.54) is 23.5 Å². The van der Waals surface area contributed by atoms with Crippen LogP contribution in [0.5, 0.6) is 0 Å². The minimum absolute atomic E-state index is 0.0178. The van der Waals surface area contributed by atoms with Gasteiger partial charge in [-0.1, -0.05) is 0 Å². The van der Waals surface area contributed by atoms with Crippen molar-refractivity contribution >= 4 is 52.4 Å². The van der Waals surface area contributed by atoms with Crippen LogP contribution in [0.15, 0.2) is 23.8 Å². The Morgan fingerprint density at radius 3 is 2.70 bits per heavy atom. The lowest BCUT2D eigenvalue weighted by molar-refractivity contribution is -0.176. The quantitative estimate of drug-likeness (QED) is 0.119. The SMILES string of the molecule is Nc1nc2c(ncn2[C@@H]2O[C@H](CO)[C@H](F)[C@H]2P(O)(=S)OCC[C@@]23CO[C@@H]([C@H](n4cnc5c(N)ncnc54)O2)[C@@H]3O)c(=O)[nH]1. The summed E-state index contributed by atoms with van der Waals surface area (Å²) in [5, 5.41) is 20.8. The molecule has 0 saturated carbocycles. The van der Waals surface area contributed by atoms with Gasteiger partial charge in [0.25, 0.3) is 5.56 Å². The summed E-state index contributed by atoms with van der Waals surface area (Å²) in [6.45, 7) is -4.99. The summed E-state index contributed by atoms with van der Waals surface area (Å²) >= 11 is 5.44. The third-order valence-electron chi connectivity index (χ3n) is 8.04. The second-order valence-corrected chi connectivity index (χ2v) is 14.0. The smallest absolute Gasteiger partial charge is 0.280 e. The van der Waals surface area contributed by atoms with Gasteiger partial charge in [0, 0.05) is 6.42 Å². The molecule has 43 heavy (non-hydrogen) atoms. The molecule has 0 aromatic carbocycles. The van der Waals surface area contributed by atoms with Gasteiger partial charge in [0.15, 0.2) is 41.6 Å². The fourth-order valence-corrected chi connectivity index (χ4v) is 8.40. The second-order valence-electron chi connectivity index (χ2n) is 10.5. The predicted octanol–water partition coefficient (Wildman–Crippen LogP) is -1.54. The van der Waals surface area contributed by atoms with E-state index in [4.69, 9.17) is 42.0 Å². The van der Waals surface area contributed by atoms with Crippen LogP contribution < -0.4 is 17.0 Å². The van der Waals surface area contributed by atoms with E-state index < -0.39 is 66.9 Å². The van der Waals surface area contributed by atoms with Crippen molar-refractivity contribution in [3.05, 3.63) is 29.3 Å². The number of imidazole rings is 2. The number of halogens is 1. The highest BCUT2D eigenvalue weighted by Crippen LogP contribution is 2.59. The molecule has 3 saturated heterocycles. The summed E-state index contributed by atoms with van der Waals surface area (Å²) in [5.41, 5.74) is 8.86. The number of rotatable bonds is 8. The molecule has 4 aromatic rings. The number of aliphatic hydroxyl groups excluding tert-OH is 2. The van der Waals surface area contributed by atoms with Gasteiger partial charge in [-0.2, -0.15) is 4.98 Å². The number of nitrogens with two attached hydrogens (primary N) is 2. The van der Waals surface area contributed by atoms with E-state index in [0.29, 0.717) is 11.2 Å². The molecular weight excluding hydrogens is 614 g/mol. The number of fused-ring (bicyclic) bond motifs is 4. The Bertz CT molecular complexity index is 1820. The summed E-state index contributed by atoms with van der Waals surface area (Å²) in [7, 11) is 0. The number of nitrogens with zero attached hydrogens (tertiary/aromatic N) is 7. The van der Waals surface area contributed by atoms with E-state index in [9.17, 15) is 19.9 Å². The van der Waals surface area contributed by atoms with Gasteiger partial charge in [0.05, 0.1) is 32.5 Å². The third-order valence-corrected chi connectivity index (χ3v) is 10.9. The van der Waals surface area contributed by atoms with Gasteiger partial charge in [0.2, 0.25) is 5.95 Å². The fraction of sp³-hybridized carbons (Fsp3) is 0.545. The number of H-pyrrole nitrogens is 1. The number of nitrogens with one attached hydrogen (secondary N) is 1. The van der Waals surface area contributed by atoms with Crippen LogP contribution in [0, 0.1) is 0 Å². The van der Waals surface area contributed by atoms with Crippen LogP contribution in [0.3, 0.4) is 0 Å². The summed E-state index contributed by atoms with van der Waals surface area (Å²) in [6, 6.07) is 0. The molecule has 21 heteroatoms. The van der Waals surface area contributed by atoms with Gasteiger partial charge in [-0.15, -0.1) is 0 Å². The van der Waals surface area contributed by atoms with Gasteiger partial charge in [-0.3, -0.25) is 18.9 Å². The number of hydrogen-bond acceptors (Lipinski definition) is 15. The molecule has 0 amide bonds. The zero-order valence-electron chi connectivity index (χ0n) is 22.0. The second kappa shape index (κ2) is 10.2. The van der Waals surface area contributed by atoms with Gasteiger partial charge < -0.3 is 45.3 Å². The number of hydrogen-bond donors (Lipinski definition) is 6. The first-order chi connectivity index (χ1) is 20.5. The summed E-state index contributed by atoms with van der Waals surface area (Å²) in [6.07, 6.45) is -3.33. The van der Waals surface area contributed by atoms with E-state index in [2.05, 4.69) is 29.9 Å². The average molecular weight is 641 g/mol. The highest BCUT2D eigenvalue weighted by atomic mass is 32.5. The van der Waals surface area contributed by atoms with Crippen molar-refractivity contribution in [3.63, 3.8) is 0 Å². The molecular formula is C22H26FN10O8PS. The van der Waals surface area contributed by atoms with Gasteiger partial charge in [-0.05, 0) is 11.8 Å². The Kier molecular flexibility index (Phi) is 6.76. The normalized spacial score (nSPS) is 33.5. The van der Waals surface area contributed by atoms with Crippen LogP contribution in [0.4, 0.5) is 16.2 Å². The van der Waals surface area contributed by atoms with E-state index in [1.807, 2.05) is 0 Å². The number of nitrogen functional groups attached to an aromatic ring is 2. The Balaban J connectivity index is 1.11. The third kappa shape index (κ3) is 4.36. The van der Waals surface area contributed by atoms with Gasteiger partial charge >= 0.3 is 0 Å². The molecule has 0 spiro atoms. The summed E-state index contributed by atoms with van der Waals surface area (Å²) in [5.74, 6) is -0.0305. The Labute approximate surface area is 245 Å². The molecule has 18 nitrogen and oxygen atoms in total. The zero-order valence-corrected chi connectivity index (χ0v) is 23.7. The first kappa shape index (κ1) is 28.6. The summed E-state index contributed by atoms with van der Waals surface area (Å²) < 4.78 is 42.0. The Morgan fingerprint density at radius 1 is 1.19 bits per heavy atom. The minimum atomic E-state index is -4.05. The maximum Gasteiger partial charge on any atom is 0.280 e. The minimum Gasteiger partial charge on any atom is -0.394 e.